The predicted octanol–water partition coefficient (Wildman–Crippen LogP) is 3.94. The molecule has 0 amide bonds. The molecule has 2 heterocycles. The highest BCUT2D eigenvalue weighted by Gasteiger charge is 2.24. The number of phenols is 1. The number of nitrogens with zero attached hydrogens (tertiary/aromatic N) is 1. The molecule has 6 nitrogen and oxygen atoms in total. The number of pyridine rings is 1. The number of halogens is 2. The van der Waals surface area contributed by atoms with Crippen LogP contribution in [0.1, 0.15) is 21.5 Å². The van der Waals surface area contributed by atoms with Gasteiger partial charge in [-0.05, 0) is 53.1 Å². The topological polar surface area (TPSA) is 91.6 Å². The number of hydrogen-bond acceptors (Lipinski definition) is 4. The van der Waals surface area contributed by atoms with Crippen molar-refractivity contribution in [3.05, 3.63) is 93.3 Å². The van der Waals surface area contributed by atoms with Crippen LogP contribution in [0.3, 0.4) is 0 Å². The van der Waals surface area contributed by atoms with E-state index in [1.54, 1.807) is 12.1 Å². The van der Waals surface area contributed by atoms with Gasteiger partial charge in [0.05, 0.1) is 16.5 Å². The molecule has 0 bridgehead atoms. The van der Waals surface area contributed by atoms with E-state index < -0.39 is 34.3 Å². The van der Waals surface area contributed by atoms with Crippen molar-refractivity contribution in [3.63, 3.8) is 0 Å². The number of benzene rings is 3. The summed E-state index contributed by atoms with van der Waals surface area (Å²) in [5, 5.41) is 23.5. The van der Waals surface area contributed by atoms with Gasteiger partial charge in [0.15, 0.2) is 5.75 Å². The Kier molecular flexibility index (Phi) is 4.53. The summed E-state index contributed by atoms with van der Waals surface area (Å²) < 4.78 is 29.9. The minimum absolute atomic E-state index is 0.0679. The van der Waals surface area contributed by atoms with E-state index in [1.165, 1.54) is 16.7 Å². The number of fused-ring (bicyclic) bond motifs is 2. The van der Waals surface area contributed by atoms with Crippen LogP contribution in [0.4, 0.5) is 8.78 Å². The van der Waals surface area contributed by atoms with Crippen LogP contribution in [-0.4, -0.2) is 20.7 Å². The summed E-state index contributed by atoms with van der Waals surface area (Å²) in [4.78, 5) is 24.4. The van der Waals surface area contributed by atoms with E-state index in [0.717, 1.165) is 35.5 Å². The fourth-order valence-corrected chi connectivity index (χ4v) is 4.12. The summed E-state index contributed by atoms with van der Waals surface area (Å²) in [5.41, 5.74) is 1.06. The lowest BCUT2D eigenvalue weighted by Gasteiger charge is -2.17. The normalized spacial score (nSPS) is 12.8. The zero-order chi connectivity index (χ0) is 22.6. The quantitative estimate of drug-likeness (QED) is 0.454. The lowest BCUT2D eigenvalue weighted by Crippen LogP contribution is -2.19. The third kappa shape index (κ3) is 3.04. The van der Waals surface area contributed by atoms with Crippen LogP contribution in [-0.2, 0) is 13.1 Å². The zero-order valence-electron chi connectivity index (χ0n) is 16.5. The molecule has 0 saturated carbocycles. The fourth-order valence-electron chi connectivity index (χ4n) is 4.12. The maximum absolute atomic E-state index is 15.2. The fraction of sp³-hybridized carbons (Fsp3) is 0.0833. The molecule has 3 aromatic carbocycles. The highest BCUT2D eigenvalue weighted by molar-refractivity contribution is 5.98. The van der Waals surface area contributed by atoms with E-state index in [-0.39, 0.29) is 16.5 Å². The van der Waals surface area contributed by atoms with Crippen LogP contribution < -0.4 is 10.7 Å². The van der Waals surface area contributed by atoms with E-state index in [4.69, 9.17) is 0 Å². The molecule has 0 fully saturated rings. The molecule has 0 spiro atoms. The van der Waals surface area contributed by atoms with Crippen molar-refractivity contribution >= 4 is 16.9 Å². The van der Waals surface area contributed by atoms with Gasteiger partial charge in [-0.2, -0.15) is 0 Å². The standard InChI is InChI=1S/C24H16F2N2O4/c25-15-3-5-16(6-4-15)28-11-18(24(31)32)22(29)17-8-19(26)20(23(30)21(17)28)12-1-2-13-9-27-10-14(13)7-12/h1-8,11,27,30H,9-10H2,(H,31,32). The van der Waals surface area contributed by atoms with Gasteiger partial charge in [0.25, 0.3) is 0 Å². The minimum Gasteiger partial charge on any atom is -0.505 e. The Balaban J connectivity index is 1.87. The van der Waals surface area contributed by atoms with Crippen LogP contribution in [0, 0.1) is 11.6 Å². The molecule has 5 rings (SSSR count). The van der Waals surface area contributed by atoms with Gasteiger partial charge in [-0.15, -0.1) is 0 Å². The second kappa shape index (κ2) is 7.28. The largest absolute Gasteiger partial charge is 0.505 e. The number of aromatic hydroxyl groups is 1. The monoisotopic (exact) mass is 434 g/mol. The molecule has 3 N–H and O–H groups in total. The zero-order valence-corrected chi connectivity index (χ0v) is 16.5. The lowest BCUT2D eigenvalue weighted by atomic mass is 9.97. The van der Waals surface area contributed by atoms with Gasteiger partial charge < -0.3 is 20.1 Å². The molecule has 0 aliphatic carbocycles. The van der Waals surface area contributed by atoms with Crippen molar-refractivity contribution in [1.29, 1.82) is 0 Å². The maximum atomic E-state index is 15.2. The molecule has 8 heteroatoms. The Hall–Kier alpha value is -4.04. The number of carbonyl (C=O) groups is 1. The minimum atomic E-state index is -1.50. The number of rotatable bonds is 3. The van der Waals surface area contributed by atoms with Crippen molar-refractivity contribution in [2.45, 2.75) is 13.1 Å². The molecule has 32 heavy (non-hydrogen) atoms. The molecule has 0 saturated heterocycles. The van der Waals surface area contributed by atoms with Crippen LogP contribution in [0.25, 0.3) is 27.7 Å². The van der Waals surface area contributed by atoms with Crippen LogP contribution >= 0.6 is 0 Å². The second-order valence-electron chi connectivity index (χ2n) is 7.59. The van der Waals surface area contributed by atoms with E-state index in [0.29, 0.717) is 24.3 Å². The smallest absolute Gasteiger partial charge is 0.341 e. The van der Waals surface area contributed by atoms with Crippen LogP contribution in [0.2, 0.25) is 0 Å². The second-order valence-corrected chi connectivity index (χ2v) is 7.59. The number of aromatic nitrogens is 1. The van der Waals surface area contributed by atoms with Gasteiger partial charge in [-0.25, -0.2) is 13.6 Å². The Morgan fingerprint density at radius 2 is 1.72 bits per heavy atom. The number of carboxylic acids is 1. The van der Waals surface area contributed by atoms with E-state index >= 15 is 4.39 Å². The molecule has 0 atom stereocenters. The highest BCUT2D eigenvalue weighted by Crippen LogP contribution is 2.39. The SMILES string of the molecule is O=C(O)c1cn(-c2ccc(F)cc2)c2c(O)c(-c3ccc4c(c3)CNC4)c(F)cc2c1=O. The molecule has 4 aromatic rings. The van der Waals surface area contributed by atoms with E-state index in [9.17, 15) is 24.2 Å². The third-order valence-corrected chi connectivity index (χ3v) is 5.68. The van der Waals surface area contributed by atoms with Gasteiger partial charge in [0.1, 0.15) is 17.2 Å². The van der Waals surface area contributed by atoms with Crippen molar-refractivity contribution in [2.75, 3.05) is 0 Å². The summed E-state index contributed by atoms with van der Waals surface area (Å²) in [6, 6.07) is 11.3. The summed E-state index contributed by atoms with van der Waals surface area (Å²) in [7, 11) is 0. The van der Waals surface area contributed by atoms with Gasteiger partial charge in [0.2, 0.25) is 5.43 Å². The lowest BCUT2D eigenvalue weighted by molar-refractivity contribution is 0.0695. The van der Waals surface area contributed by atoms with Crippen LogP contribution in [0.15, 0.2) is 59.5 Å². The summed E-state index contributed by atoms with van der Waals surface area (Å²) in [6.45, 7) is 1.31. The molecule has 1 aliphatic heterocycles. The van der Waals surface area contributed by atoms with Gasteiger partial charge in [-0.1, -0.05) is 12.1 Å². The van der Waals surface area contributed by atoms with Crippen molar-refractivity contribution < 1.29 is 23.8 Å². The summed E-state index contributed by atoms with van der Waals surface area (Å²) in [6.07, 6.45) is 1.05. The van der Waals surface area contributed by atoms with Gasteiger partial charge >= 0.3 is 5.97 Å². The number of carboxylic acid groups (broad SMARTS) is 1. The van der Waals surface area contributed by atoms with Crippen molar-refractivity contribution in [2.24, 2.45) is 0 Å². The van der Waals surface area contributed by atoms with Gasteiger partial charge in [-0.3, -0.25) is 4.79 Å². The number of phenolic OH excluding ortho intramolecular Hbond substituents is 1. The van der Waals surface area contributed by atoms with E-state index in [2.05, 4.69) is 5.32 Å². The van der Waals surface area contributed by atoms with Gasteiger partial charge in [0, 0.05) is 25.0 Å². The molecule has 0 unspecified atom stereocenters. The molecular weight excluding hydrogens is 418 g/mol. The number of aromatic carboxylic acids is 1. The summed E-state index contributed by atoms with van der Waals surface area (Å²) in [5.74, 6) is -3.38. The first-order chi connectivity index (χ1) is 15.3. The first-order valence-corrected chi connectivity index (χ1v) is 9.78. The van der Waals surface area contributed by atoms with Crippen molar-refractivity contribution in [1.82, 2.24) is 9.88 Å². The Labute approximate surface area is 180 Å². The Bertz CT molecular complexity index is 1480. The first kappa shape index (κ1) is 19.9. The number of hydrogen-bond donors (Lipinski definition) is 3. The van der Waals surface area contributed by atoms with Crippen LogP contribution in [0.5, 0.6) is 5.75 Å². The third-order valence-electron chi connectivity index (χ3n) is 5.68. The Morgan fingerprint density at radius 3 is 2.44 bits per heavy atom. The number of nitrogens with one attached hydrogen (secondary N) is 1. The first-order valence-electron chi connectivity index (χ1n) is 9.78. The molecular formula is C24H16F2N2O4. The molecule has 1 aliphatic rings. The average molecular weight is 434 g/mol. The Morgan fingerprint density at radius 1 is 1.00 bits per heavy atom. The predicted molar refractivity (Wildman–Crippen MR) is 114 cm³/mol. The molecule has 1 aromatic heterocycles. The van der Waals surface area contributed by atoms with E-state index in [1.807, 2.05) is 6.07 Å². The molecule has 160 valence electrons. The average Bonchev–Trinajstić information content (AvgIpc) is 3.23. The highest BCUT2D eigenvalue weighted by atomic mass is 19.1. The maximum Gasteiger partial charge on any atom is 0.341 e. The van der Waals surface area contributed by atoms with Crippen molar-refractivity contribution in [3.8, 4) is 22.6 Å². The summed E-state index contributed by atoms with van der Waals surface area (Å²) >= 11 is 0. The molecule has 0 radical (unpaired) electrons.